The van der Waals surface area contributed by atoms with Gasteiger partial charge in [0.15, 0.2) is 5.11 Å². The second-order valence-electron chi connectivity index (χ2n) is 6.22. The van der Waals surface area contributed by atoms with Gasteiger partial charge in [0, 0.05) is 6.07 Å². The normalized spacial score (nSPS) is 15.4. The molecule has 2 aromatic carbocycles. The van der Waals surface area contributed by atoms with Crippen molar-refractivity contribution in [2.24, 2.45) is 0 Å². The van der Waals surface area contributed by atoms with Crippen LogP contribution in [0.2, 0.25) is 0 Å². The Morgan fingerprint density at radius 2 is 1.62 bits per heavy atom. The number of amides is 2. The number of hydrogen-bond donors (Lipinski definition) is 1. The summed E-state index contributed by atoms with van der Waals surface area (Å²) in [6, 6.07) is 10.3. The number of hydrogen-bond acceptors (Lipinski definition) is 6. The maximum absolute atomic E-state index is 13.2. The zero-order valence-corrected chi connectivity index (χ0v) is 17.3. The number of nitrogens with one attached hydrogen (secondary N) is 1. The van der Waals surface area contributed by atoms with Crippen LogP contribution in [0.5, 0.6) is 17.2 Å². The molecule has 0 bridgehead atoms. The SMILES string of the molecule is COc1ccc(/C=C2\C(=O)NC(=S)N(c3ccc(OC)cc3OC)C2=O)c(C)c1. The monoisotopic (exact) mass is 412 g/mol. The van der Waals surface area contributed by atoms with E-state index in [1.165, 1.54) is 25.2 Å². The highest BCUT2D eigenvalue weighted by molar-refractivity contribution is 7.80. The first-order valence-corrected chi connectivity index (χ1v) is 9.08. The molecular weight excluding hydrogens is 392 g/mol. The van der Waals surface area contributed by atoms with Crippen LogP contribution in [0.4, 0.5) is 5.69 Å². The molecule has 2 aromatic rings. The number of rotatable bonds is 5. The van der Waals surface area contributed by atoms with Gasteiger partial charge in [-0.2, -0.15) is 0 Å². The average Bonchev–Trinajstić information content (AvgIpc) is 2.71. The van der Waals surface area contributed by atoms with Crippen molar-refractivity contribution in [3.05, 3.63) is 53.1 Å². The summed E-state index contributed by atoms with van der Waals surface area (Å²) in [5.41, 5.74) is 1.95. The summed E-state index contributed by atoms with van der Waals surface area (Å²) >= 11 is 5.25. The first-order chi connectivity index (χ1) is 13.9. The van der Waals surface area contributed by atoms with Crippen LogP contribution in [0, 0.1) is 6.92 Å². The number of methoxy groups -OCH3 is 3. The highest BCUT2D eigenvalue weighted by Crippen LogP contribution is 2.34. The fourth-order valence-electron chi connectivity index (χ4n) is 2.94. The minimum Gasteiger partial charge on any atom is -0.497 e. The minimum atomic E-state index is -0.557. The lowest BCUT2D eigenvalue weighted by atomic mass is 10.0. The third-order valence-corrected chi connectivity index (χ3v) is 4.79. The van der Waals surface area contributed by atoms with Crippen molar-refractivity contribution >= 4 is 40.9 Å². The lowest BCUT2D eigenvalue weighted by molar-refractivity contribution is -0.122. The van der Waals surface area contributed by atoms with Gasteiger partial charge < -0.3 is 14.2 Å². The Bertz CT molecular complexity index is 1030. The maximum atomic E-state index is 13.2. The molecule has 1 saturated heterocycles. The molecule has 1 N–H and O–H groups in total. The number of nitrogens with zero attached hydrogens (tertiary/aromatic N) is 1. The van der Waals surface area contributed by atoms with Crippen LogP contribution >= 0.6 is 12.2 Å². The van der Waals surface area contributed by atoms with E-state index in [9.17, 15) is 9.59 Å². The lowest BCUT2D eigenvalue weighted by Gasteiger charge is -2.30. The molecule has 0 spiro atoms. The molecule has 29 heavy (non-hydrogen) atoms. The second kappa shape index (κ2) is 8.32. The molecule has 8 heteroatoms. The van der Waals surface area contributed by atoms with E-state index in [-0.39, 0.29) is 10.7 Å². The molecule has 7 nitrogen and oxygen atoms in total. The first-order valence-electron chi connectivity index (χ1n) is 8.67. The molecule has 150 valence electrons. The minimum absolute atomic E-state index is 0.0212. The van der Waals surface area contributed by atoms with Crippen LogP contribution in [0.3, 0.4) is 0 Å². The van der Waals surface area contributed by atoms with E-state index >= 15 is 0 Å². The Kier molecular flexibility index (Phi) is 5.84. The van der Waals surface area contributed by atoms with Gasteiger partial charge in [0.2, 0.25) is 0 Å². The van der Waals surface area contributed by atoms with Crippen molar-refractivity contribution in [1.29, 1.82) is 0 Å². The molecule has 1 heterocycles. The smallest absolute Gasteiger partial charge is 0.270 e. The molecule has 0 unspecified atom stereocenters. The molecule has 2 amide bonds. The fourth-order valence-corrected chi connectivity index (χ4v) is 3.21. The summed E-state index contributed by atoms with van der Waals surface area (Å²) < 4.78 is 15.8. The van der Waals surface area contributed by atoms with E-state index in [1.807, 2.05) is 13.0 Å². The van der Waals surface area contributed by atoms with Gasteiger partial charge in [-0.1, -0.05) is 6.07 Å². The Morgan fingerprint density at radius 3 is 2.24 bits per heavy atom. The predicted molar refractivity (Wildman–Crippen MR) is 113 cm³/mol. The maximum Gasteiger partial charge on any atom is 0.270 e. The Labute approximate surface area is 173 Å². The molecule has 0 atom stereocenters. The van der Waals surface area contributed by atoms with Gasteiger partial charge in [-0.15, -0.1) is 0 Å². The quantitative estimate of drug-likeness (QED) is 0.462. The van der Waals surface area contributed by atoms with Gasteiger partial charge in [0.05, 0.1) is 27.0 Å². The molecular formula is C21H20N2O5S. The number of benzene rings is 2. The molecule has 0 radical (unpaired) electrons. The molecule has 1 aliphatic heterocycles. The molecule has 0 saturated carbocycles. The molecule has 0 aromatic heterocycles. The summed E-state index contributed by atoms with van der Waals surface area (Å²) in [7, 11) is 4.58. The average molecular weight is 412 g/mol. The topological polar surface area (TPSA) is 77.1 Å². The molecule has 3 rings (SSSR count). The Morgan fingerprint density at radius 1 is 0.966 bits per heavy atom. The second-order valence-corrected chi connectivity index (χ2v) is 6.60. The Hall–Kier alpha value is -3.39. The predicted octanol–water partition coefficient (Wildman–Crippen LogP) is 2.85. The summed E-state index contributed by atoms with van der Waals surface area (Å²) in [4.78, 5) is 26.9. The fraction of sp³-hybridized carbons (Fsp3) is 0.190. The van der Waals surface area contributed by atoms with Crippen LogP contribution in [-0.2, 0) is 9.59 Å². The molecule has 1 fully saturated rings. The van der Waals surface area contributed by atoms with Crippen molar-refractivity contribution in [2.75, 3.05) is 26.2 Å². The van der Waals surface area contributed by atoms with Crippen LogP contribution in [-0.4, -0.2) is 38.3 Å². The van der Waals surface area contributed by atoms with Gasteiger partial charge in [0.1, 0.15) is 22.8 Å². The highest BCUT2D eigenvalue weighted by Gasteiger charge is 2.36. The summed E-state index contributed by atoms with van der Waals surface area (Å²) in [5.74, 6) is 0.539. The van der Waals surface area contributed by atoms with E-state index in [1.54, 1.807) is 37.4 Å². The van der Waals surface area contributed by atoms with Crippen LogP contribution in [0.15, 0.2) is 42.0 Å². The zero-order chi connectivity index (χ0) is 21.1. The van der Waals surface area contributed by atoms with Gasteiger partial charge in [-0.25, -0.2) is 4.90 Å². The van der Waals surface area contributed by atoms with Crippen LogP contribution in [0.25, 0.3) is 6.08 Å². The van der Waals surface area contributed by atoms with Crippen LogP contribution < -0.4 is 24.4 Å². The molecule has 0 aliphatic carbocycles. The third-order valence-electron chi connectivity index (χ3n) is 4.51. The number of anilines is 1. The highest BCUT2D eigenvalue weighted by atomic mass is 32.1. The Balaban J connectivity index is 2.05. The van der Waals surface area contributed by atoms with Gasteiger partial charge in [0.25, 0.3) is 11.8 Å². The number of aryl methyl sites for hydroxylation is 1. The number of carbonyl (C=O) groups excluding carboxylic acids is 2. The van der Waals surface area contributed by atoms with E-state index < -0.39 is 11.8 Å². The van der Waals surface area contributed by atoms with Gasteiger partial charge in [-0.3, -0.25) is 14.9 Å². The summed E-state index contributed by atoms with van der Waals surface area (Å²) in [6.45, 7) is 1.87. The van der Waals surface area contributed by atoms with Crippen molar-refractivity contribution < 1.29 is 23.8 Å². The number of thiocarbonyl (C=S) groups is 1. The lowest BCUT2D eigenvalue weighted by Crippen LogP contribution is -2.54. The zero-order valence-electron chi connectivity index (χ0n) is 16.4. The van der Waals surface area contributed by atoms with Crippen molar-refractivity contribution in [1.82, 2.24) is 5.32 Å². The summed E-state index contributed by atoms with van der Waals surface area (Å²) in [5, 5.41) is 2.55. The molecule has 1 aliphatic rings. The van der Waals surface area contributed by atoms with Crippen molar-refractivity contribution in [2.45, 2.75) is 6.92 Å². The van der Waals surface area contributed by atoms with E-state index in [0.29, 0.717) is 22.9 Å². The van der Waals surface area contributed by atoms with E-state index in [4.69, 9.17) is 26.4 Å². The standard InChI is InChI=1S/C21H20N2O5S/c1-12-9-14(26-2)6-5-13(12)10-16-19(24)22-21(29)23(20(16)25)17-8-7-15(27-3)11-18(17)28-4/h5-11H,1-4H3,(H,22,24,29)/b16-10+. The van der Waals surface area contributed by atoms with Gasteiger partial charge in [-0.05, 0) is 60.6 Å². The first kappa shape index (κ1) is 20.3. The van der Waals surface area contributed by atoms with E-state index in [2.05, 4.69) is 5.32 Å². The van der Waals surface area contributed by atoms with Crippen molar-refractivity contribution in [3.8, 4) is 17.2 Å². The van der Waals surface area contributed by atoms with Gasteiger partial charge >= 0.3 is 0 Å². The van der Waals surface area contributed by atoms with Crippen molar-refractivity contribution in [3.63, 3.8) is 0 Å². The number of ether oxygens (including phenoxy) is 3. The third kappa shape index (κ3) is 3.93. The van der Waals surface area contributed by atoms with Crippen LogP contribution in [0.1, 0.15) is 11.1 Å². The summed E-state index contributed by atoms with van der Waals surface area (Å²) in [6.07, 6.45) is 1.54. The number of carbonyl (C=O) groups is 2. The van der Waals surface area contributed by atoms with E-state index in [0.717, 1.165) is 11.1 Å². The largest absolute Gasteiger partial charge is 0.497 e.